The van der Waals surface area contributed by atoms with E-state index in [1.165, 1.54) is 4.88 Å². The Morgan fingerprint density at radius 1 is 1.12 bits per heavy atom. The molecule has 26 heavy (non-hydrogen) atoms. The van der Waals surface area contributed by atoms with Gasteiger partial charge in [-0.1, -0.05) is 0 Å². The van der Waals surface area contributed by atoms with Crippen LogP contribution < -0.4 is 24.8 Å². The van der Waals surface area contributed by atoms with Crippen LogP contribution in [0.5, 0.6) is 17.2 Å². The van der Waals surface area contributed by atoms with E-state index in [0.29, 0.717) is 30.3 Å². The Bertz CT molecular complexity index is 746. The van der Waals surface area contributed by atoms with E-state index in [9.17, 15) is 0 Å². The van der Waals surface area contributed by atoms with Crippen molar-refractivity contribution in [3.8, 4) is 17.2 Å². The zero-order valence-corrected chi connectivity index (χ0v) is 16.7. The fourth-order valence-electron chi connectivity index (χ4n) is 2.44. The molecule has 1 heterocycles. The molecule has 0 aliphatic rings. The van der Waals surface area contributed by atoms with Gasteiger partial charge in [-0.05, 0) is 26.0 Å². The SMILES string of the molecule is CCNC(=NCc1ccc(OC)c(OC)c1OC)NCc1ncc(C)s1. The Morgan fingerprint density at radius 2 is 1.88 bits per heavy atom. The minimum Gasteiger partial charge on any atom is -0.493 e. The van der Waals surface area contributed by atoms with Gasteiger partial charge in [0, 0.05) is 23.2 Å². The van der Waals surface area contributed by atoms with Gasteiger partial charge in [-0.3, -0.25) is 0 Å². The van der Waals surface area contributed by atoms with Crippen LogP contribution >= 0.6 is 11.3 Å². The van der Waals surface area contributed by atoms with Gasteiger partial charge in [-0.15, -0.1) is 11.3 Å². The summed E-state index contributed by atoms with van der Waals surface area (Å²) in [7, 11) is 4.80. The Morgan fingerprint density at radius 3 is 2.46 bits per heavy atom. The zero-order chi connectivity index (χ0) is 18.9. The van der Waals surface area contributed by atoms with Crippen LogP contribution in [0, 0.1) is 6.92 Å². The predicted octanol–water partition coefficient (Wildman–Crippen LogP) is 2.73. The summed E-state index contributed by atoms with van der Waals surface area (Å²) in [5.74, 6) is 2.54. The average Bonchev–Trinajstić information content (AvgIpc) is 3.08. The monoisotopic (exact) mass is 378 g/mol. The summed E-state index contributed by atoms with van der Waals surface area (Å²) in [4.78, 5) is 10.2. The minimum atomic E-state index is 0.440. The molecule has 2 aromatic rings. The molecule has 0 fully saturated rings. The number of aromatic nitrogens is 1. The van der Waals surface area contributed by atoms with Crippen molar-refractivity contribution in [1.29, 1.82) is 0 Å². The first-order valence-electron chi connectivity index (χ1n) is 8.34. The number of hydrogen-bond acceptors (Lipinski definition) is 6. The first kappa shape index (κ1) is 19.8. The molecule has 8 heteroatoms. The Hall–Kier alpha value is -2.48. The molecule has 2 N–H and O–H groups in total. The highest BCUT2D eigenvalue weighted by Gasteiger charge is 2.15. The van der Waals surface area contributed by atoms with Crippen LogP contribution in [-0.4, -0.2) is 38.8 Å². The van der Waals surface area contributed by atoms with Crippen LogP contribution in [0.15, 0.2) is 23.3 Å². The van der Waals surface area contributed by atoms with Crippen molar-refractivity contribution in [2.24, 2.45) is 4.99 Å². The number of nitrogens with zero attached hydrogens (tertiary/aromatic N) is 2. The molecule has 0 bridgehead atoms. The minimum absolute atomic E-state index is 0.440. The third-order valence-electron chi connectivity index (χ3n) is 3.61. The van der Waals surface area contributed by atoms with Crippen molar-refractivity contribution in [2.75, 3.05) is 27.9 Å². The number of thiazole rings is 1. The molecular formula is C18H26N4O3S. The smallest absolute Gasteiger partial charge is 0.203 e. The molecule has 0 aliphatic heterocycles. The van der Waals surface area contributed by atoms with Crippen LogP contribution in [0.4, 0.5) is 0 Å². The van der Waals surface area contributed by atoms with Gasteiger partial charge in [0.2, 0.25) is 5.75 Å². The number of hydrogen-bond donors (Lipinski definition) is 2. The number of ether oxygens (including phenoxy) is 3. The topological polar surface area (TPSA) is 77.0 Å². The van der Waals surface area contributed by atoms with E-state index >= 15 is 0 Å². The van der Waals surface area contributed by atoms with Crippen LogP contribution in [0.1, 0.15) is 22.4 Å². The van der Waals surface area contributed by atoms with Gasteiger partial charge in [0.05, 0.1) is 34.4 Å². The van der Waals surface area contributed by atoms with Gasteiger partial charge >= 0.3 is 0 Å². The number of benzene rings is 1. The van der Waals surface area contributed by atoms with Crippen molar-refractivity contribution in [2.45, 2.75) is 26.9 Å². The van der Waals surface area contributed by atoms with Crippen molar-refractivity contribution in [3.63, 3.8) is 0 Å². The van der Waals surface area contributed by atoms with Gasteiger partial charge in [0.1, 0.15) is 5.01 Å². The Balaban J connectivity index is 2.15. The fourth-order valence-corrected chi connectivity index (χ4v) is 3.16. The quantitative estimate of drug-likeness (QED) is 0.543. The highest BCUT2D eigenvalue weighted by atomic mass is 32.1. The molecule has 0 spiro atoms. The van der Waals surface area contributed by atoms with Crippen LogP contribution in [0.3, 0.4) is 0 Å². The lowest BCUT2D eigenvalue weighted by Crippen LogP contribution is -2.36. The molecule has 0 radical (unpaired) electrons. The highest BCUT2D eigenvalue weighted by molar-refractivity contribution is 7.11. The van der Waals surface area contributed by atoms with Gasteiger partial charge in [0.15, 0.2) is 17.5 Å². The molecule has 1 aromatic carbocycles. The second-order valence-corrected chi connectivity index (χ2v) is 6.73. The van der Waals surface area contributed by atoms with Crippen molar-refractivity contribution >= 4 is 17.3 Å². The lowest BCUT2D eigenvalue weighted by molar-refractivity contribution is 0.322. The van der Waals surface area contributed by atoms with Gasteiger partial charge < -0.3 is 24.8 Å². The van der Waals surface area contributed by atoms with E-state index in [-0.39, 0.29) is 0 Å². The molecule has 1 aromatic heterocycles. The standard InChI is InChI=1S/C18H26N4O3S/c1-6-19-18(22-11-15-20-9-12(2)26-15)21-10-13-7-8-14(23-3)17(25-5)16(13)24-4/h7-9H,6,10-11H2,1-5H3,(H2,19,21,22). The molecule has 0 saturated carbocycles. The van der Waals surface area contributed by atoms with E-state index in [1.807, 2.05) is 32.2 Å². The Kier molecular flexibility index (Phi) is 7.53. The average molecular weight is 378 g/mol. The second kappa shape index (κ2) is 9.86. The van der Waals surface area contributed by atoms with Crippen molar-refractivity contribution < 1.29 is 14.2 Å². The maximum absolute atomic E-state index is 5.51. The third-order valence-corrected chi connectivity index (χ3v) is 4.53. The summed E-state index contributed by atoms with van der Waals surface area (Å²) in [5.41, 5.74) is 0.910. The molecular weight excluding hydrogens is 352 g/mol. The molecule has 0 saturated heterocycles. The van der Waals surface area contributed by atoms with Crippen molar-refractivity contribution in [1.82, 2.24) is 15.6 Å². The number of rotatable bonds is 8. The largest absolute Gasteiger partial charge is 0.493 e. The maximum atomic E-state index is 5.51. The van der Waals surface area contributed by atoms with E-state index in [2.05, 4.69) is 20.6 Å². The van der Waals surface area contributed by atoms with Gasteiger partial charge in [-0.2, -0.15) is 0 Å². The summed E-state index contributed by atoms with van der Waals surface area (Å²) >= 11 is 1.67. The lowest BCUT2D eigenvalue weighted by Gasteiger charge is -2.15. The molecule has 0 amide bonds. The first-order valence-corrected chi connectivity index (χ1v) is 9.15. The number of aliphatic imine (C=N–C) groups is 1. The number of aryl methyl sites for hydroxylation is 1. The summed E-state index contributed by atoms with van der Waals surface area (Å²) in [5, 5.41) is 7.56. The Labute approximate surface area is 158 Å². The van der Waals surface area contributed by atoms with E-state index in [0.717, 1.165) is 23.1 Å². The molecule has 0 aliphatic carbocycles. The third kappa shape index (κ3) is 5.01. The second-order valence-electron chi connectivity index (χ2n) is 5.41. The highest BCUT2D eigenvalue weighted by Crippen LogP contribution is 2.39. The molecule has 7 nitrogen and oxygen atoms in total. The predicted molar refractivity (Wildman–Crippen MR) is 105 cm³/mol. The van der Waals surface area contributed by atoms with Crippen molar-refractivity contribution in [3.05, 3.63) is 33.8 Å². The van der Waals surface area contributed by atoms with E-state index in [1.54, 1.807) is 32.7 Å². The van der Waals surface area contributed by atoms with Crippen LogP contribution in [-0.2, 0) is 13.1 Å². The van der Waals surface area contributed by atoms with Gasteiger partial charge in [0.25, 0.3) is 0 Å². The molecule has 142 valence electrons. The normalized spacial score (nSPS) is 11.2. The maximum Gasteiger partial charge on any atom is 0.203 e. The number of methoxy groups -OCH3 is 3. The lowest BCUT2D eigenvalue weighted by atomic mass is 10.1. The molecule has 2 rings (SSSR count). The zero-order valence-electron chi connectivity index (χ0n) is 15.9. The number of guanidine groups is 1. The fraction of sp³-hybridized carbons (Fsp3) is 0.444. The van der Waals surface area contributed by atoms with E-state index in [4.69, 9.17) is 14.2 Å². The van der Waals surface area contributed by atoms with Gasteiger partial charge in [-0.25, -0.2) is 9.98 Å². The summed E-state index contributed by atoms with van der Waals surface area (Å²) in [6, 6.07) is 3.78. The molecule has 0 atom stereocenters. The van der Waals surface area contributed by atoms with Crippen LogP contribution in [0.25, 0.3) is 0 Å². The summed E-state index contributed by atoms with van der Waals surface area (Å²) < 4.78 is 16.3. The molecule has 0 unspecified atom stereocenters. The first-order chi connectivity index (χ1) is 12.6. The summed E-state index contributed by atoms with van der Waals surface area (Å²) in [6.07, 6.45) is 1.88. The van der Waals surface area contributed by atoms with Crippen LogP contribution in [0.2, 0.25) is 0 Å². The summed E-state index contributed by atoms with van der Waals surface area (Å²) in [6.45, 7) is 5.92. The number of nitrogens with one attached hydrogen (secondary N) is 2. The van der Waals surface area contributed by atoms with E-state index < -0.39 is 0 Å².